The fourth-order valence-corrected chi connectivity index (χ4v) is 3.56. The summed E-state index contributed by atoms with van der Waals surface area (Å²) in [5.41, 5.74) is 1.41. The van der Waals surface area contributed by atoms with E-state index in [1.54, 1.807) is 48.8 Å². The minimum absolute atomic E-state index is 0.262. The predicted octanol–water partition coefficient (Wildman–Crippen LogP) is 2.83. The third-order valence-corrected chi connectivity index (χ3v) is 5.12. The Morgan fingerprint density at radius 1 is 1.10 bits per heavy atom. The van der Waals surface area contributed by atoms with Gasteiger partial charge in [-0.05, 0) is 54.4 Å². The minimum atomic E-state index is -0.609. The van der Waals surface area contributed by atoms with Gasteiger partial charge in [-0.25, -0.2) is 9.36 Å². The zero-order chi connectivity index (χ0) is 22.0. The van der Waals surface area contributed by atoms with Crippen molar-refractivity contribution in [2.75, 3.05) is 0 Å². The van der Waals surface area contributed by atoms with E-state index in [1.807, 2.05) is 19.1 Å². The lowest BCUT2D eigenvalue weighted by Crippen LogP contribution is -2.41. The zero-order valence-corrected chi connectivity index (χ0v) is 17.5. The summed E-state index contributed by atoms with van der Waals surface area (Å²) >= 11 is 6.12. The standard InChI is InChI=1S/C23H19ClN4O3/c1-15-4-2-6-18(10-15)28-22(30)19-8-7-17(24)11-20(19)27(23(28)31)14-21(29)26-13-16-5-3-9-25-12-16/h2-12H,13-14H2,1H3,(H,26,29). The topological polar surface area (TPSA) is 86.0 Å². The summed E-state index contributed by atoms with van der Waals surface area (Å²) in [5.74, 6) is -0.373. The van der Waals surface area contributed by atoms with Gasteiger partial charge in [0, 0.05) is 24.0 Å². The van der Waals surface area contributed by atoms with Crippen LogP contribution in [0.4, 0.5) is 0 Å². The van der Waals surface area contributed by atoms with E-state index in [9.17, 15) is 14.4 Å². The molecule has 0 aliphatic rings. The lowest BCUT2D eigenvalue weighted by atomic mass is 10.2. The maximum atomic E-state index is 13.3. The number of carbonyl (C=O) groups excluding carboxylic acids is 1. The molecule has 0 saturated carbocycles. The fourth-order valence-electron chi connectivity index (χ4n) is 3.39. The molecule has 0 atom stereocenters. The molecule has 2 aromatic heterocycles. The van der Waals surface area contributed by atoms with Crippen LogP contribution in [0.15, 0.2) is 76.6 Å². The Morgan fingerprint density at radius 3 is 2.68 bits per heavy atom. The Balaban J connectivity index is 1.80. The molecule has 4 rings (SSSR count). The number of nitrogens with one attached hydrogen (secondary N) is 1. The number of hydrogen-bond acceptors (Lipinski definition) is 4. The summed E-state index contributed by atoms with van der Waals surface area (Å²) in [5, 5.41) is 3.44. The second-order valence-electron chi connectivity index (χ2n) is 7.15. The first-order valence-electron chi connectivity index (χ1n) is 9.62. The smallest absolute Gasteiger partial charge is 0.336 e. The number of fused-ring (bicyclic) bond motifs is 1. The molecule has 0 fully saturated rings. The predicted molar refractivity (Wildman–Crippen MR) is 120 cm³/mol. The number of aryl methyl sites for hydroxylation is 1. The van der Waals surface area contributed by atoms with Crippen LogP contribution in [0.25, 0.3) is 16.6 Å². The van der Waals surface area contributed by atoms with Crippen LogP contribution < -0.4 is 16.6 Å². The molecular weight excluding hydrogens is 416 g/mol. The second-order valence-corrected chi connectivity index (χ2v) is 7.58. The molecule has 0 bridgehead atoms. The Bertz CT molecular complexity index is 1390. The molecule has 1 amide bonds. The van der Waals surface area contributed by atoms with Crippen LogP contribution in [-0.2, 0) is 17.9 Å². The van der Waals surface area contributed by atoms with Crippen molar-refractivity contribution in [2.45, 2.75) is 20.0 Å². The highest BCUT2D eigenvalue weighted by atomic mass is 35.5. The highest BCUT2D eigenvalue weighted by Crippen LogP contribution is 2.17. The maximum absolute atomic E-state index is 13.3. The Morgan fingerprint density at radius 2 is 1.94 bits per heavy atom. The fraction of sp³-hybridized carbons (Fsp3) is 0.130. The van der Waals surface area contributed by atoms with Crippen molar-refractivity contribution in [3.63, 3.8) is 0 Å². The molecule has 0 unspecified atom stereocenters. The van der Waals surface area contributed by atoms with E-state index in [0.29, 0.717) is 21.6 Å². The molecule has 156 valence electrons. The van der Waals surface area contributed by atoms with E-state index in [1.165, 1.54) is 10.6 Å². The van der Waals surface area contributed by atoms with Gasteiger partial charge in [-0.2, -0.15) is 0 Å². The van der Waals surface area contributed by atoms with Crippen LogP contribution in [0, 0.1) is 6.92 Å². The lowest BCUT2D eigenvalue weighted by molar-refractivity contribution is -0.121. The molecule has 1 N–H and O–H groups in total. The monoisotopic (exact) mass is 434 g/mol. The van der Waals surface area contributed by atoms with Crippen LogP contribution in [0.5, 0.6) is 0 Å². The number of nitrogens with zero attached hydrogens (tertiary/aromatic N) is 3. The largest absolute Gasteiger partial charge is 0.350 e. The van der Waals surface area contributed by atoms with Crippen molar-refractivity contribution >= 4 is 28.4 Å². The Hall–Kier alpha value is -3.71. The number of rotatable bonds is 5. The second kappa shape index (κ2) is 8.57. The molecule has 8 heteroatoms. The summed E-state index contributed by atoms with van der Waals surface area (Å²) in [7, 11) is 0. The van der Waals surface area contributed by atoms with Gasteiger partial charge in [0.15, 0.2) is 0 Å². The molecule has 0 aliphatic heterocycles. The number of aromatic nitrogens is 3. The number of amides is 1. The summed E-state index contributed by atoms with van der Waals surface area (Å²) in [4.78, 5) is 43.1. The van der Waals surface area contributed by atoms with Crippen LogP contribution in [0.1, 0.15) is 11.1 Å². The minimum Gasteiger partial charge on any atom is -0.350 e. The summed E-state index contributed by atoms with van der Waals surface area (Å²) < 4.78 is 2.35. The first kappa shape index (κ1) is 20.6. The first-order chi connectivity index (χ1) is 14.9. The van der Waals surface area contributed by atoms with E-state index in [4.69, 9.17) is 11.6 Å². The van der Waals surface area contributed by atoms with Crippen molar-refractivity contribution in [1.29, 1.82) is 0 Å². The molecule has 2 aromatic carbocycles. The van der Waals surface area contributed by atoms with Gasteiger partial charge in [-0.1, -0.05) is 29.8 Å². The van der Waals surface area contributed by atoms with Crippen LogP contribution in [-0.4, -0.2) is 20.0 Å². The van der Waals surface area contributed by atoms with E-state index in [0.717, 1.165) is 15.7 Å². The molecule has 31 heavy (non-hydrogen) atoms. The van der Waals surface area contributed by atoms with Crippen molar-refractivity contribution in [2.24, 2.45) is 0 Å². The molecule has 4 aromatic rings. The lowest BCUT2D eigenvalue weighted by Gasteiger charge is -2.15. The van der Waals surface area contributed by atoms with E-state index >= 15 is 0 Å². The molecule has 2 heterocycles. The van der Waals surface area contributed by atoms with Gasteiger partial charge >= 0.3 is 5.69 Å². The number of benzene rings is 2. The normalized spacial score (nSPS) is 10.9. The van der Waals surface area contributed by atoms with E-state index in [2.05, 4.69) is 10.3 Å². The van der Waals surface area contributed by atoms with Crippen LogP contribution in [0.3, 0.4) is 0 Å². The Kier molecular flexibility index (Phi) is 5.68. The highest BCUT2D eigenvalue weighted by Gasteiger charge is 2.17. The van der Waals surface area contributed by atoms with Gasteiger partial charge in [0.2, 0.25) is 5.91 Å². The van der Waals surface area contributed by atoms with Gasteiger partial charge in [-0.15, -0.1) is 0 Å². The van der Waals surface area contributed by atoms with Gasteiger partial charge in [0.05, 0.1) is 16.6 Å². The van der Waals surface area contributed by atoms with Crippen molar-refractivity contribution in [3.05, 3.63) is 104 Å². The van der Waals surface area contributed by atoms with E-state index < -0.39 is 11.2 Å². The van der Waals surface area contributed by atoms with Crippen LogP contribution >= 0.6 is 11.6 Å². The van der Waals surface area contributed by atoms with Crippen molar-refractivity contribution in [3.8, 4) is 5.69 Å². The van der Waals surface area contributed by atoms with Crippen molar-refractivity contribution < 1.29 is 4.79 Å². The quantitative estimate of drug-likeness (QED) is 0.523. The zero-order valence-electron chi connectivity index (χ0n) is 16.7. The highest BCUT2D eigenvalue weighted by molar-refractivity contribution is 6.31. The van der Waals surface area contributed by atoms with E-state index in [-0.39, 0.29) is 19.0 Å². The number of carbonyl (C=O) groups is 1. The molecule has 0 aliphatic carbocycles. The van der Waals surface area contributed by atoms with Gasteiger partial charge in [0.1, 0.15) is 6.54 Å². The Labute approximate surface area is 182 Å². The molecule has 7 nitrogen and oxygen atoms in total. The van der Waals surface area contributed by atoms with Gasteiger partial charge in [0.25, 0.3) is 5.56 Å². The van der Waals surface area contributed by atoms with Gasteiger partial charge in [-0.3, -0.25) is 19.1 Å². The summed E-state index contributed by atoms with van der Waals surface area (Å²) in [6.07, 6.45) is 3.30. The number of pyridine rings is 1. The first-order valence-corrected chi connectivity index (χ1v) is 9.99. The summed E-state index contributed by atoms with van der Waals surface area (Å²) in [6.45, 7) is 1.89. The molecular formula is C23H19ClN4O3. The van der Waals surface area contributed by atoms with Gasteiger partial charge < -0.3 is 5.32 Å². The summed E-state index contributed by atoms with van der Waals surface area (Å²) in [6, 6.07) is 15.4. The number of hydrogen-bond donors (Lipinski definition) is 1. The van der Waals surface area contributed by atoms with Crippen molar-refractivity contribution in [1.82, 2.24) is 19.4 Å². The molecule has 0 radical (unpaired) electrons. The maximum Gasteiger partial charge on any atom is 0.336 e. The SMILES string of the molecule is Cc1cccc(-n2c(=O)c3ccc(Cl)cc3n(CC(=O)NCc3cccnc3)c2=O)c1. The molecule has 0 spiro atoms. The van der Waals surface area contributed by atoms with Crippen LogP contribution in [0.2, 0.25) is 5.02 Å². The average molecular weight is 435 g/mol. The average Bonchev–Trinajstić information content (AvgIpc) is 2.76. The third kappa shape index (κ3) is 4.27. The molecule has 0 saturated heterocycles. The number of halogens is 1. The third-order valence-electron chi connectivity index (χ3n) is 4.88.